The van der Waals surface area contributed by atoms with E-state index >= 15 is 0 Å². The van der Waals surface area contributed by atoms with E-state index in [1.165, 1.54) is 13.2 Å². The zero-order chi connectivity index (χ0) is 20.5. The molecule has 0 bridgehead atoms. The van der Waals surface area contributed by atoms with E-state index in [1.807, 2.05) is 36.4 Å². The number of rotatable bonds is 3. The highest BCUT2D eigenvalue weighted by Crippen LogP contribution is 2.32. The Morgan fingerprint density at radius 1 is 0.931 bits per heavy atom. The lowest BCUT2D eigenvalue weighted by Crippen LogP contribution is -2.54. The molecule has 29 heavy (non-hydrogen) atoms. The topological polar surface area (TPSA) is 75.7 Å². The van der Waals surface area contributed by atoms with Gasteiger partial charge in [-0.25, -0.2) is 9.69 Å². The maximum absolute atomic E-state index is 13.2. The number of ether oxygens (including phenoxy) is 1. The van der Waals surface area contributed by atoms with E-state index in [4.69, 9.17) is 4.74 Å². The van der Waals surface area contributed by atoms with Gasteiger partial charge < -0.3 is 4.74 Å². The first kappa shape index (κ1) is 18.4. The van der Waals surface area contributed by atoms with Crippen LogP contribution in [0.15, 0.2) is 66.2 Å². The van der Waals surface area contributed by atoms with E-state index < -0.39 is 17.8 Å². The average molecular weight is 386 g/mol. The highest BCUT2D eigenvalue weighted by atomic mass is 16.5. The number of nitrogens with one attached hydrogen (secondary N) is 1. The molecule has 1 aliphatic rings. The van der Waals surface area contributed by atoms with E-state index in [9.17, 15) is 14.4 Å². The Hall–Kier alpha value is -3.93. The Morgan fingerprint density at radius 3 is 2.41 bits per heavy atom. The molecule has 144 valence electrons. The molecule has 3 aromatic rings. The van der Waals surface area contributed by atoms with Crippen LogP contribution in [0.2, 0.25) is 0 Å². The minimum Gasteiger partial charge on any atom is -0.496 e. The fourth-order valence-electron chi connectivity index (χ4n) is 3.44. The van der Waals surface area contributed by atoms with Crippen molar-refractivity contribution >= 4 is 40.4 Å². The van der Waals surface area contributed by atoms with Crippen LogP contribution in [0.4, 0.5) is 10.5 Å². The Morgan fingerprint density at radius 2 is 1.66 bits per heavy atom. The summed E-state index contributed by atoms with van der Waals surface area (Å²) in [6.07, 6.45) is 1.48. The first-order chi connectivity index (χ1) is 14.0. The number of hydrogen-bond acceptors (Lipinski definition) is 4. The quantitative estimate of drug-likeness (QED) is 0.548. The SMILES string of the molecule is COc1ccc2ccccc2c1/C=C1\C(=O)NC(=O)N(c2ccccc2C)C1=O. The number of aryl methyl sites for hydroxylation is 1. The molecule has 0 aromatic heterocycles. The number of anilines is 1. The Kier molecular flexibility index (Phi) is 4.60. The summed E-state index contributed by atoms with van der Waals surface area (Å²) in [7, 11) is 1.53. The number of imide groups is 2. The number of benzene rings is 3. The van der Waals surface area contributed by atoms with Crippen LogP contribution in [0.25, 0.3) is 16.8 Å². The minimum atomic E-state index is -0.767. The lowest BCUT2D eigenvalue weighted by Gasteiger charge is -2.27. The Labute approximate surface area is 167 Å². The molecule has 0 unspecified atom stereocenters. The van der Waals surface area contributed by atoms with Gasteiger partial charge in [0, 0.05) is 5.56 Å². The van der Waals surface area contributed by atoms with Gasteiger partial charge in [0.2, 0.25) is 0 Å². The van der Waals surface area contributed by atoms with E-state index in [1.54, 1.807) is 31.2 Å². The number of barbiturate groups is 1. The number of carbonyl (C=O) groups is 3. The van der Waals surface area contributed by atoms with Gasteiger partial charge in [-0.1, -0.05) is 48.5 Å². The predicted molar refractivity (Wildman–Crippen MR) is 111 cm³/mol. The minimum absolute atomic E-state index is 0.137. The lowest BCUT2D eigenvalue weighted by molar-refractivity contribution is -0.122. The number of hydrogen-bond donors (Lipinski definition) is 1. The molecule has 6 heteroatoms. The molecule has 1 aliphatic heterocycles. The van der Waals surface area contributed by atoms with Gasteiger partial charge >= 0.3 is 6.03 Å². The summed E-state index contributed by atoms with van der Waals surface area (Å²) in [6.45, 7) is 1.80. The van der Waals surface area contributed by atoms with Crippen LogP contribution in [0.3, 0.4) is 0 Å². The van der Waals surface area contributed by atoms with Gasteiger partial charge in [-0.2, -0.15) is 0 Å². The van der Waals surface area contributed by atoms with E-state index in [0.717, 1.165) is 21.2 Å². The van der Waals surface area contributed by atoms with Gasteiger partial charge in [0.25, 0.3) is 11.8 Å². The van der Waals surface area contributed by atoms with Crippen LogP contribution in [0.5, 0.6) is 5.75 Å². The highest BCUT2D eigenvalue weighted by Gasteiger charge is 2.37. The van der Waals surface area contributed by atoms with Crippen LogP contribution in [0.1, 0.15) is 11.1 Å². The first-order valence-corrected chi connectivity index (χ1v) is 9.04. The van der Waals surface area contributed by atoms with Crippen molar-refractivity contribution in [2.75, 3.05) is 12.0 Å². The molecular formula is C23H18N2O4. The second kappa shape index (κ2) is 7.24. The molecule has 4 rings (SSSR count). The first-order valence-electron chi connectivity index (χ1n) is 9.04. The number of carbonyl (C=O) groups excluding carboxylic acids is 3. The lowest BCUT2D eigenvalue weighted by atomic mass is 9.99. The fourth-order valence-corrected chi connectivity index (χ4v) is 3.44. The van der Waals surface area contributed by atoms with Gasteiger partial charge in [0.15, 0.2) is 0 Å². The summed E-state index contributed by atoms with van der Waals surface area (Å²) in [5.41, 5.74) is 1.64. The van der Waals surface area contributed by atoms with Crippen molar-refractivity contribution in [3.63, 3.8) is 0 Å². The standard InChI is InChI=1S/C23H18N2O4/c1-14-7-3-6-10-19(14)25-22(27)18(21(26)24-23(25)28)13-17-16-9-5-4-8-15(16)11-12-20(17)29-2/h3-13H,1-2H3,(H,24,26,28)/b18-13+. The molecule has 4 amide bonds. The molecule has 1 fully saturated rings. The number of methoxy groups -OCH3 is 1. The van der Waals surface area contributed by atoms with E-state index in [0.29, 0.717) is 17.0 Å². The van der Waals surface area contributed by atoms with Crippen molar-refractivity contribution in [1.82, 2.24) is 5.32 Å². The predicted octanol–water partition coefficient (Wildman–Crippen LogP) is 3.82. The van der Waals surface area contributed by atoms with Gasteiger partial charge in [-0.05, 0) is 41.5 Å². The summed E-state index contributed by atoms with van der Waals surface area (Å²) in [6, 6.07) is 17.5. The molecule has 0 atom stereocenters. The average Bonchev–Trinajstić information content (AvgIpc) is 2.72. The molecule has 3 aromatic carbocycles. The van der Waals surface area contributed by atoms with Crippen molar-refractivity contribution in [3.8, 4) is 5.75 Å². The maximum Gasteiger partial charge on any atom is 0.335 e. The zero-order valence-corrected chi connectivity index (χ0v) is 15.9. The van der Waals surface area contributed by atoms with Gasteiger partial charge in [-0.3, -0.25) is 14.9 Å². The summed E-state index contributed by atoms with van der Waals surface area (Å²) >= 11 is 0. The van der Waals surface area contributed by atoms with Crippen LogP contribution in [-0.2, 0) is 9.59 Å². The second-order valence-corrected chi connectivity index (χ2v) is 6.65. The normalized spacial score (nSPS) is 15.7. The molecule has 0 saturated carbocycles. The number of para-hydroxylation sites is 1. The highest BCUT2D eigenvalue weighted by molar-refractivity contribution is 6.39. The van der Waals surface area contributed by atoms with Gasteiger partial charge in [0.1, 0.15) is 11.3 Å². The van der Waals surface area contributed by atoms with Crippen molar-refractivity contribution in [2.45, 2.75) is 6.92 Å². The number of nitrogens with zero attached hydrogens (tertiary/aromatic N) is 1. The van der Waals surface area contributed by atoms with E-state index in [2.05, 4.69) is 5.32 Å². The number of urea groups is 1. The van der Waals surface area contributed by atoms with E-state index in [-0.39, 0.29) is 5.57 Å². The van der Waals surface area contributed by atoms with Crippen molar-refractivity contribution in [1.29, 1.82) is 0 Å². The van der Waals surface area contributed by atoms with Crippen LogP contribution >= 0.6 is 0 Å². The molecule has 1 heterocycles. The van der Waals surface area contributed by atoms with Crippen LogP contribution in [0, 0.1) is 6.92 Å². The maximum atomic E-state index is 13.2. The second-order valence-electron chi connectivity index (χ2n) is 6.65. The molecule has 1 saturated heterocycles. The molecule has 6 nitrogen and oxygen atoms in total. The van der Waals surface area contributed by atoms with Crippen molar-refractivity contribution in [2.24, 2.45) is 0 Å². The fraction of sp³-hybridized carbons (Fsp3) is 0.0870. The summed E-state index contributed by atoms with van der Waals surface area (Å²) in [4.78, 5) is 39.1. The van der Waals surface area contributed by atoms with Crippen molar-refractivity contribution < 1.29 is 19.1 Å². The summed E-state index contributed by atoms with van der Waals surface area (Å²) < 4.78 is 5.45. The number of fused-ring (bicyclic) bond motifs is 1. The largest absolute Gasteiger partial charge is 0.496 e. The molecule has 0 spiro atoms. The smallest absolute Gasteiger partial charge is 0.335 e. The van der Waals surface area contributed by atoms with Crippen LogP contribution in [-0.4, -0.2) is 25.0 Å². The Balaban J connectivity index is 1.89. The summed E-state index contributed by atoms with van der Waals surface area (Å²) in [5, 5.41) is 4.03. The third kappa shape index (κ3) is 3.14. The zero-order valence-electron chi connectivity index (χ0n) is 15.9. The number of amides is 4. The molecular weight excluding hydrogens is 368 g/mol. The third-order valence-electron chi connectivity index (χ3n) is 4.90. The molecule has 1 N–H and O–H groups in total. The monoisotopic (exact) mass is 386 g/mol. The van der Waals surface area contributed by atoms with Gasteiger partial charge in [-0.15, -0.1) is 0 Å². The molecule has 0 aliphatic carbocycles. The van der Waals surface area contributed by atoms with Gasteiger partial charge in [0.05, 0.1) is 12.8 Å². The third-order valence-corrected chi connectivity index (χ3v) is 4.90. The molecule has 0 radical (unpaired) electrons. The van der Waals surface area contributed by atoms with Crippen LogP contribution < -0.4 is 15.0 Å². The summed E-state index contributed by atoms with van der Waals surface area (Å²) in [5.74, 6) is -0.890. The Bertz CT molecular complexity index is 1200. The van der Waals surface area contributed by atoms with Crippen molar-refractivity contribution in [3.05, 3.63) is 77.4 Å².